The number of aromatic nitrogens is 12. The van der Waals surface area contributed by atoms with Gasteiger partial charge in [0.25, 0.3) is 0 Å². The molecule has 27 aromatic rings. The van der Waals surface area contributed by atoms with Crippen molar-refractivity contribution in [2.45, 2.75) is 0 Å². The van der Waals surface area contributed by atoms with Crippen LogP contribution in [0.2, 0.25) is 0 Å². The summed E-state index contributed by atoms with van der Waals surface area (Å²) in [5.41, 5.74) is 22.1. The summed E-state index contributed by atoms with van der Waals surface area (Å²) in [6.07, 6.45) is 0. The molecule has 27 rings (SSSR count). The fraction of sp³-hybridized carbons (Fsp3) is 0. The van der Waals surface area contributed by atoms with Crippen LogP contribution in [0.15, 0.2) is 446 Å². The zero-order valence-electron chi connectivity index (χ0n) is 70.7. The lowest BCUT2D eigenvalue weighted by Gasteiger charge is -2.11. The molecule has 0 fully saturated rings. The van der Waals surface area contributed by atoms with Gasteiger partial charge in [-0.15, -0.1) is 11.3 Å². The van der Waals surface area contributed by atoms with Crippen molar-refractivity contribution in [3.05, 3.63) is 437 Å². The van der Waals surface area contributed by atoms with Crippen molar-refractivity contribution >= 4 is 141 Å². The van der Waals surface area contributed by atoms with E-state index in [1.807, 2.05) is 199 Å². The number of hydrogen-bond donors (Lipinski definition) is 0. The van der Waals surface area contributed by atoms with Crippen molar-refractivity contribution in [3.8, 4) is 120 Å². The van der Waals surface area contributed by atoms with Gasteiger partial charge >= 0.3 is 0 Å². The maximum absolute atomic E-state index is 6.28. The van der Waals surface area contributed by atoms with Crippen LogP contribution < -0.4 is 0 Å². The molecule has 9 heterocycles. The first-order valence-corrected chi connectivity index (χ1v) is 44.7. The number of hydrogen-bond acceptors (Lipinski definition) is 12. The van der Waals surface area contributed by atoms with E-state index in [-0.39, 0.29) is 0 Å². The van der Waals surface area contributed by atoms with Crippen LogP contribution in [0.25, 0.3) is 249 Å². The van der Waals surface area contributed by atoms with E-state index >= 15 is 0 Å². The van der Waals surface area contributed by atoms with E-state index in [9.17, 15) is 0 Å². The van der Waals surface area contributed by atoms with Gasteiger partial charge in [-0.3, -0.25) is 4.57 Å². The molecule has 618 valence electrons. The maximum atomic E-state index is 6.28. The highest BCUT2D eigenvalue weighted by Gasteiger charge is 2.25. The van der Waals surface area contributed by atoms with Crippen LogP contribution in [0.3, 0.4) is 0 Å². The van der Waals surface area contributed by atoms with E-state index in [0.29, 0.717) is 52.5 Å². The van der Waals surface area contributed by atoms with Gasteiger partial charge in [-0.25, -0.2) is 34.9 Å². The smallest absolute Gasteiger partial charge is 0.238 e. The topological polar surface area (TPSA) is 157 Å². The van der Waals surface area contributed by atoms with Crippen LogP contribution in [-0.2, 0) is 0 Å². The number of benzene rings is 18. The molecule has 14 nitrogen and oxygen atoms in total. The summed E-state index contributed by atoms with van der Waals surface area (Å²) in [7, 11) is 0. The van der Waals surface area contributed by atoms with E-state index in [2.05, 4.69) is 262 Å². The van der Waals surface area contributed by atoms with Gasteiger partial charge in [-0.1, -0.05) is 322 Å². The standard InChI is InChI=1S/2C39H24N4O.C39H24N4S/c1-3-12-25(13-4-1)27-16-11-17-28(22-27)38-40-37(26-14-5-2-6-15-26)41-39(42-38)43-33-20-9-7-18-29(33)31-24-36-32(23-34(31)43)30-19-8-10-21-35(30)44-36;1-3-11-25(12-4-1)37-40-38(26-13-5-2-6-14-26)42-39(41-37)27-19-21-28(22-20-27)43-33-17-9-7-15-29(33)31-24-36-32(23-34(31)43)30-16-8-10-18-35(30)44-36;1-3-12-25(13-4-1)37-40-38(26-14-5-2-6-15-26)42-39(41-37)27-16-11-17-28(22-27)43-33-20-9-7-18-29(33)31-24-36-32(23-34(31)43)30-19-8-10-21-35(30)44-36/h3*1-24H. The predicted octanol–water partition coefficient (Wildman–Crippen LogP) is 30.1. The van der Waals surface area contributed by atoms with E-state index in [1.165, 1.54) is 47.4 Å². The van der Waals surface area contributed by atoms with E-state index < -0.39 is 0 Å². The van der Waals surface area contributed by atoms with Crippen LogP contribution >= 0.6 is 11.3 Å². The molecule has 0 bridgehead atoms. The largest absolute Gasteiger partial charge is 0.456 e. The summed E-state index contributed by atoms with van der Waals surface area (Å²) >= 11 is 1.86. The van der Waals surface area contributed by atoms with Gasteiger partial charge in [-0.2, -0.15) is 9.97 Å². The van der Waals surface area contributed by atoms with E-state index in [4.69, 9.17) is 53.7 Å². The van der Waals surface area contributed by atoms with Gasteiger partial charge in [0.2, 0.25) is 5.95 Å². The first-order valence-electron chi connectivity index (χ1n) is 43.9. The highest BCUT2D eigenvalue weighted by Crippen LogP contribution is 2.45. The SMILES string of the molecule is c1ccc(-c2cccc(-c3nc(-c4ccccc4)nc(-n4c5ccccc5c5cc6oc7ccccc7c6cc54)n3)c2)cc1.c1ccc(-c2nc(-c3ccccc3)nc(-c3ccc(-n4c5ccccc5c5cc6oc7ccccc7c6cc54)cc3)n2)cc1.c1ccc(-c2nc(-c3ccccc3)nc(-c3cccc(-n4c5ccccc5c5cc6sc7ccccc7c6cc54)c3)n2)cc1. The van der Waals surface area contributed by atoms with Gasteiger partial charge < -0.3 is 18.0 Å². The van der Waals surface area contributed by atoms with Crippen LogP contribution in [0.4, 0.5) is 0 Å². The van der Waals surface area contributed by atoms with E-state index in [0.717, 1.165) is 149 Å². The minimum Gasteiger partial charge on any atom is -0.456 e. The number of thiophene rings is 1. The minimum absolute atomic E-state index is 0.567. The molecule has 0 aliphatic carbocycles. The Kier molecular flexibility index (Phi) is 18.7. The summed E-state index contributed by atoms with van der Waals surface area (Å²) in [5, 5.41) is 14.0. The Morgan fingerprint density at radius 3 is 0.947 bits per heavy atom. The molecule has 0 radical (unpaired) electrons. The highest BCUT2D eigenvalue weighted by atomic mass is 32.1. The predicted molar refractivity (Wildman–Crippen MR) is 539 cm³/mol. The minimum atomic E-state index is 0.567. The van der Waals surface area contributed by atoms with Crippen molar-refractivity contribution in [3.63, 3.8) is 0 Å². The molecule has 9 aromatic heterocycles. The number of rotatable bonds is 12. The normalized spacial score (nSPS) is 11.6. The fourth-order valence-electron chi connectivity index (χ4n) is 18.5. The molecule has 0 N–H and O–H groups in total. The molecule has 15 heteroatoms. The summed E-state index contributed by atoms with van der Waals surface area (Å²) < 4.78 is 22.0. The molecular formula is C117H72N12O2S. The van der Waals surface area contributed by atoms with Crippen LogP contribution in [-0.4, -0.2) is 58.6 Å². The second-order valence-electron chi connectivity index (χ2n) is 32.7. The van der Waals surface area contributed by atoms with E-state index in [1.54, 1.807) is 0 Å². The summed E-state index contributed by atoms with van der Waals surface area (Å²) in [6.45, 7) is 0. The lowest BCUT2D eigenvalue weighted by atomic mass is 10.0. The first-order chi connectivity index (χ1) is 65.4. The van der Waals surface area contributed by atoms with Gasteiger partial charge in [0.15, 0.2) is 46.6 Å². The molecule has 0 saturated carbocycles. The lowest BCUT2D eigenvalue weighted by molar-refractivity contribution is 0.669. The third-order valence-electron chi connectivity index (χ3n) is 24.7. The Balaban J connectivity index is 0.000000106. The van der Waals surface area contributed by atoms with Gasteiger partial charge in [0, 0.05) is 130 Å². The fourth-order valence-corrected chi connectivity index (χ4v) is 19.7. The average Bonchev–Trinajstić information content (AvgIpc) is 1.57. The Morgan fingerprint density at radius 2 is 0.477 bits per heavy atom. The summed E-state index contributed by atoms with van der Waals surface area (Å²) in [4.78, 5) is 44.8. The van der Waals surface area contributed by atoms with Crippen molar-refractivity contribution in [2.24, 2.45) is 0 Å². The Labute approximate surface area is 759 Å². The Hall–Kier alpha value is -17.8. The summed E-state index contributed by atoms with van der Waals surface area (Å²) in [6, 6.07) is 150. The number of para-hydroxylation sites is 5. The van der Waals surface area contributed by atoms with Crippen molar-refractivity contribution in [1.82, 2.24) is 58.6 Å². The monoisotopic (exact) mass is 1710 g/mol. The zero-order valence-corrected chi connectivity index (χ0v) is 71.5. The molecule has 0 aliphatic heterocycles. The average molecular weight is 1710 g/mol. The maximum Gasteiger partial charge on any atom is 0.238 e. The van der Waals surface area contributed by atoms with Gasteiger partial charge in [0.05, 0.1) is 33.1 Å². The second-order valence-corrected chi connectivity index (χ2v) is 33.8. The number of fused-ring (bicyclic) bond motifs is 18. The molecule has 0 saturated heterocycles. The molecule has 18 aromatic carbocycles. The molecule has 0 unspecified atom stereocenters. The third kappa shape index (κ3) is 13.7. The third-order valence-corrected chi connectivity index (χ3v) is 25.9. The lowest BCUT2D eigenvalue weighted by Crippen LogP contribution is -2.06. The quantitative estimate of drug-likeness (QED) is 0.115. The van der Waals surface area contributed by atoms with Crippen molar-refractivity contribution in [1.29, 1.82) is 0 Å². The van der Waals surface area contributed by atoms with Gasteiger partial charge in [0.1, 0.15) is 22.3 Å². The molecular weight excluding hydrogens is 1640 g/mol. The van der Waals surface area contributed by atoms with Gasteiger partial charge in [-0.05, 0) is 126 Å². The van der Waals surface area contributed by atoms with Crippen molar-refractivity contribution in [2.75, 3.05) is 0 Å². The second kappa shape index (κ2) is 32.3. The molecule has 0 atom stereocenters. The molecule has 0 spiro atoms. The molecule has 0 amide bonds. The Morgan fingerprint density at radius 1 is 0.159 bits per heavy atom. The molecule has 0 aliphatic rings. The highest BCUT2D eigenvalue weighted by molar-refractivity contribution is 7.25. The Bertz CT molecular complexity index is 9040. The van der Waals surface area contributed by atoms with Crippen LogP contribution in [0, 0.1) is 0 Å². The van der Waals surface area contributed by atoms with Crippen LogP contribution in [0.5, 0.6) is 0 Å². The number of furan rings is 2. The molecule has 132 heavy (non-hydrogen) atoms. The van der Waals surface area contributed by atoms with Crippen LogP contribution in [0.1, 0.15) is 0 Å². The number of nitrogens with zero attached hydrogens (tertiary/aromatic N) is 12. The van der Waals surface area contributed by atoms with Crippen molar-refractivity contribution < 1.29 is 8.83 Å². The summed E-state index contributed by atoms with van der Waals surface area (Å²) in [5.74, 6) is 5.70. The zero-order chi connectivity index (χ0) is 87.1. The first kappa shape index (κ1) is 76.6.